The molecule has 0 aliphatic heterocycles. The Bertz CT molecular complexity index is 371. The standard InChI is InChI=1S/C18H27N/c1-2-5-15(4-1)6-3-13-19-14-16-7-9-17(10-8-16)18-11-12-18/h7-10,15,18-19H,1-6,11-14H2. The van der Waals surface area contributed by atoms with Crippen LogP contribution in [0.25, 0.3) is 0 Å². The average molecular weight is 257 g/mol. The van der Waals surface area contributed by atoms with E-state index in [2.05, 4.69) is 29.6 Å². The molecule has 19 heavy (non-hydrogen) atoms. The summed E-state index contributed by atoms with van der Waals surface area (Å²) in [5, 5.41) is 3.59. The number of nitrogens with one attached hydrogen (secondary N) is 1. The zero-order valence-corrected chi connectivity index (χ0v) is 12.0. The predicted octanol–water partition coefficient (Wildman–Crippen LogP) is 4.62. The molecule has 2 saturated carbocycles. The molecule has 0 amide bonds. The van der Waals surface area contributed by atoms with Crippen LogP contribution in [0, 0.1) is 5.92 Å². The van der Waals surface area contributed by atoms with E-state index in [1.807, 2.05) is 0 Å². The van der Waals surface area contributed by atoms with Crippen molar-refractivity contribution in [1.29, 1.82) is 0 Å². The molecule has 1 N–H and O–H groups in total. The fourth-order valence-corrected chi connectivity index (χ4v) is 3.37. The number of benzene rings is 1. The molecule has 2 aliphatic carbocycles. The maximum Gasteiger partial charge on any atom is 0.0205 e. The van der Waals surface area contributed by atoms with Crippen LogP contribution in [0.5, 0.6) is 0 Å². The van der Waals surface area contributed by atoms with Gasteiger partial charge < -0.3 is 5.32 Å². The van der Waals surface area contributed by atoms with Crippen LogP contribution in [0.4, 0.5) is 0 Å². The van der Waals surface area contributed by atoms with Crippen molar-refractivity contribution in [3.8, 4) is 0 Å². The van der Waals surface area contributed by atoms with Crippen LogP contribution in [-0.4, -0.2) is 6.54 Å². The Balaban J connectivity index is 1.30. The van der Waals surface area contributed by atoms with Gasteiger partial charge in [-0.15, -0.1) is 0 Å². The van der Waals surface area contributed by atoms with Gasteiger partial charge in [0.1, 0.15) is 0 Å². The highest BCUT2D eigenvalue weighted by Crippen LogP contribution is 2.39. The maximum atomic E-state index is 3.59. The highest BCUT2D eigenvalue weighted by molar-refractivity contribution is 5.27. The van der Waals surface area contributed by atoms with E-state index in [4.69, 9.17) is 0 Å². The second-order valence-electron chi connectivity index (χ2n) is 6.49. The molecule has 0 spiro atoms. The summed E-state index contributed by atoms with van der Waals surface area (Å²) in [6.45, 7) is 2.22. The van der Waals surface area contributed by atoms with E-state index in [0.29, 0.717) is 0 Å². The number of hydrogen-bond donors (Lipinski definition) is 1. The summed E-state index contributed by atoms with van der Waals surface area (Å²) in [4.78, 5) is 0. The molecule has 0 atom stereocenters. The monoisotopic (exact) mass is 257 g/mol. The maximum absolute atomic E-state index is 3.59. The van der Waals surface area contributed by atoms with Crippen molar-refractivity contribution in [1.82, 2.24) is 5.32 Å². The van der Waals surface area contributed by atoms with Gasteiger partial charge in [0.2, 0.25) is 0 Å². The Morgan fingerprint density at radius 2 is 1.68 bits per heavy atom. The molecule has 1 heteroatoms. The molecule has 0 bridgehead atoms. The van der Waals surface area contributed by atoms with Gasteiger partial charge in [0, 0.05) is 6.54 Å². The molecule has 2 aliphatic rings. The normalized spacial score (nSPS) is 20.0. The SMILES string of the molecule is c1cc(C2CC2)ccc1CNCCCC1CCCC1. The predicted molar refractivity (Wildman–Crippen MR) is 81.3 cm³/mol. The number of hydrogen-bond acceptors (Lipinski definition) is 1. The van der Waals surface area contributed by atoms with Crippen LogP contribution >= 0.6 is 0 Å². The number of rotatable bonds is 7. The molecule has 104 valence electrons. The van der Waals surface area contributed by atoms with Crippen LogP contribution in [0.1, 0.15) is 68.4 Å². The Morgan fingerprint density at radius 1 is 0.947 bits per heavy atom. The van der Waals surface area contributed by atoms with Gasteiger partial charge in [-0.25, -0.2) is 0 Å². The van der Waals surface area contributed by atoms with Crippen molar-refractivity contribution < 1.29 is 0 Å². The van der Waals surface area contributed by atoms with E-state index in [0.717, 1.165) is 18.4 Å². The molecule has 1 aromatic carbocycles. The van der Waals surface area contributed by atoms with Crippen molar-refractivity contribution in [2.45, 2.75) is 63.8 Å². The molecule has 3 rings (SSSR count). The summed E-state index contributed by atoms with van der Waals surface area (Å²) in [5.74, 6) is 1.92. The summed E-state index contributed by atoms with van der Waals surface area (Å²) in [5.41, 5.74) is 2.98. The van der Waals surface area contributed by atoms with E-state index in [1.165, 1.54) is 63.5 Å². The van der Waals surface area contributed by atoms with Crippen molar-refractivity contribution in [2.24, 2.45) is 5.92 Å². The van der Waals surface area contributed by atoms with Crippen LogP contribution in [0.3, 0.4) is 0 Å². The molecule has 2 fully saturated rings. The average Bonchev–Trinajstić information content (AvgIpc) is 3.17. The largest absolute Gasteiger partial charge is 0.313 e. The third-order valence-corrected chi connectivity index (χ3v) is 4.80. The highest BCUT2D eigenvalue weighted by Gasteiger charge is 2.22. The van der Waals surface area contributed by atoms with Gasteiger partial charge in [0.05, 0.1) is 0 Å². The van der Waals surface area contributed by atoms with Crippen LogP contribution in [-0.2, 0) is 6.54 Å². The van der Waals surface area contributed by atoms with E-state index in [-0.39, 0.29) is 0 Å². The lowest BCUT2D eigenvalue weighted by atomic mass is 10.0. The Kier molecular flexibility index (Phi) is 4.55. The highest BCUT2D eigenvalue weighted by atomic mass is 14.8. The third kappa shape index (κ3) is 4.07. The minimum Gasteiger partial charge on any atom is -0.313 e. The fraction of sp³-hybridized carbons (Fsp3) is 0.667. The first-order chi connectivity index (χ1) is 9.42. The molecular weight excluding hydrogens is 230 g/mol. The quantitative estimate of drug-likeness (QED) is 0.703. The van der Waals surface area contributed by atoms with Gasteiger partial charge in [0.25, 0.3) is 0 Å². The fourth-order valence-electron chi connectivity index (χ4n) is 3.37. The molecule has 0 unspecified atom stereocenters. The lowest BCUT2D eigenvalue weighted by Gasteiger charge is -2.09. The first-order valence-electron chi connectivity index (χ1n) is 8.21. The molecular formula is C18H27N. The van der Waals surface area contributed by atoms with Gasteiger partial charge in [-0.2, -0.15) is 0 Å². The summed E-state index contributed by atoms with van der Waals surface area (Å²) in [6.07, 6.45) is 11.5. The topological polar surface area (TPSA) is 12.0 Å². The van der Waals surface area contributed by atoms with E-state index < -0.39 is 0 Å². The summed E-state index contributed by atoms with van der Waals surface area (Å²) < 4.78 is 0. The van der Waals surface area contributed by atoms with Crippen LogP contribution in [0.2, 0.25) is 0 Å². The van der Waals surface area contributed by atoms with Crippen molar-refractivity contribution >= 4 is 0 Å². The van der Waals surface area contributed by atoms with Crippen molar-refractivity contribution in [3.63, 3.8) is 0 Å². The van der Waals surface area contributed by atoms with Crippen molar-refractivity contribution in [3.05, 3.63) is 35.4 Å². The van der Waals surface area contributed by atoms with Gasteiger partial charge >= 0.3 is 0 Å². The molecule has 0 aromatic heterocycles. The smallest absolute Gasteiger partial charge is 0.0205 e. The molecule has 0 heterocycles. The first kappa shape index (κ1) is 13.2. The molecule has 1 aromatic rings. The molecule has 0 saturated heterocycles. The Morgan fingerprint density at radius 3 is 2.37 bits per heavy atom. The molecule has 1 nitrogen and oxygen atoms in total. The summed E-state index contributed by atoms with van der Waals surface area (Å²) in [6, 6.07) is 9.26. The lowest BCUT2D eigenvalue weighted by Crippen LogP contribution is -2.15. The Labute approximate surface area is 117 Å². The summed E-state index contributed by atoms with van der Waals surface area (Å²) in [7, 11) is 0. The second-order valence-corrected chi connectivity index (χ2v) is 6.49. The van der Waals surface area contributed by atoms with Crippen molar-refractivity contribution in [2.75, 3.05) is 6.54 Å². The van der Waals surface area contributed by atoms with Gasteiger partial charge in [-0.3, -0.25) is 0 Å². The van der Waals surface area contributed by atoms with Gasteiger partial charge in [0.15, 0.2) is 0 Å². The van der Waals surface area contributed by atoms with Gasteiger partial charge in [-0.05, 0) is 55.2 Å². The minimum atomic E-state index is 0.883. The van der Waals surface area contributed by atoms with E-state index in [1.54, 1.807) is 5.56 Å². The van der Waals surface area contributed by atoms with Crippen LogP contribution in [0.15, 0.2) is 24.3 Å². The van der Waals surface area contributed by atoms with E-state index >= 15 is 0 Å². The zero-order chi connectivity index (χ0) is 12.9. The van der Waals surface area contributed by atoms with Gasteiger partial charge in [-0.1, -0.05) is 49.9 Å². The first-order valence-corrected chi connectivity index (χ1v) is 8.21. The zero-order valence-electron chi connectivity index (χ0n) is 12.0. The Hall–Kier alpha value is -0.820. The third-order valence-electron chi connectivity index (χ3n) is 4.80. The lowest BCUT2D eigenvalue weighted by molar-refractivity contribution is 0.470. The van der Waals surface area contributed by atoms with E-state index in [9.17, 15) is 0 Å². The summed E-state index contributed by atoms with van der Waals surface area (Å²) >= 11 is 0. The van der Waals surface area contributed by atoms with Crippen LogP contribution < -0.4 is 5.32 Å². The minimum absolute atomic E-state index is 0.883. The molecule has 0 radical (unpaired) electrons. The second kappa shape index (κ2) is 6.56.